The molecule has 3 N–H and O–H groups in total. The minimum absolute atomic E-state index is 0.0509. The molecule has 1 aliphatic carbocycles. The van der Waals surface area contributed by atoms with Crippen molar-refractivity contribution in [3.05, 3.63) is 29.8 Å². The minimum Gasteiger partial charge on any atom is -0.478 e. The van der Waals surface area contributed by atoms with Crippen LogP contribution in [0.3, 0.4) is 0 Å². The maximum Gasteiger partial charge on any atom is 0.335 e. The normalized spacial score (nSPS) is 18.0. The van der Waals surface area contributed by atoms with E-state index in [4.69, 9.17) is 5.11 Å². The van der Waals surface area contributed by atoms with E-state index in [9.17, 15) is 18.3 Å². The summed E-state index contributed by atoms with van der Waals surface area (Å²) in [5.41, 5.74) is -0.479. The highest BCUT2D eigenvalue weighted by molar-refractivity contribution is 7.89. The summed E-state index contributed by atoms with van der Waals surface area (Å²) >= 11 is 0. The number of aliphatic hydroxyl groups excluding tert-OH is 1. The number of carbonyl (C=O) groups is 1. The number of benzene rings is 1. The van der Waals surface area contributed by atoms with Crippen LogP contribution in [-0.4, -0.2) is 37.8 Å². The van der Waals surface area contributed by atoms with Gasteiger partial charge in [0, 0.05) is 18.6 Å². The molecule has 0 aliphatic heterocycles. The molecule has 1 fully saturated rings. The zero-order valence-corrected chi connectivity index (χ0v) is 13.1. The number of rotatable bonds is 6. The second-order valence-corrected chi connectivity index (χ2v) is 7.64. The standard InChI is InChI=1S/C15H21NO5S/c17-11-15(7-2-1-3-8-15)10-16-22(20,21)13-6-4-5-12(9-13)14(18)19/h4-6,9,16-17H,1-3,7-8,10-11H2,(H,18,19). The molecule has 1 aliphatic rings. The van der Waals surface area contributed by atoms with Crippen LogP contribution in [-0.2, 0) is 10.0 Å². The van der Waals surface area contributed by atoms with Gasteiger partial charge in [0.2, 0.25) is 10.0 Å². The number of nitrogens with one attached hydrogen (secondary N) is 1. The lowest BCUT2D eigenvalue weighted by Crippen LogP contribution is -2.41. The van der Waals surface area contributed by atoms with Gasteiger partial charge in [-0.25, -0.2) is 17.9 Å². The van der Waals surface area contributed by atoms with Crippen LogP contribution in [0.5, 0.6) is 0 Å². The minimum atomic E-state index is -3.79. The van der Waals surface area contributed by atoms with Crippen LogP contribution in [0.1, 0.15) is 42.5 Å². The Morgan fingerprint density at radius 1 is 1.23 bits per heavy atom. The Bertz CT molecular complexity index is 635. The van der Waals surface area contributed by atoms with E-state index in [1.54, 1.807) is 0 Å². The Kier molecular flexibility index (Phi) is 5.20. The first-order valence-electron chi connectivity index (χ1n) is 7.32. The van der Waals surface area contributed by atoms with Gasteiger partial charge in [-0.1, -0.05) is 25.3 Å². The largest absolute Gasteiger partial charge is 0.478 e. The molecule has 0 heterocycles. The molecule has 7 heteroatoms. The number of carboxylic acids is 1. The number of hydrogen-bond acceptors (Lipinski definition) is 4. The zero-order valence-electron chi connectivity index (χ0n) is 12.3. The molecule has 0 spiro atoms. The van der Waals surface area contributed by atoms with E-state index in [0.717, 1.165) is 38.2 Å². The van der Waals surface area contributed by atoms with Crippen LogP contribution in [0, 0.1) is 5.41 Å². The van der Waals surface area contributed by atoms with Gasteiger partial charge in [0.15, 0.2) is 0 Å². The summed E-state index contributed by atoms with van der Waals surface area (Å²) in [6, 6.07) is 5.25. The Hall–Kier alpha value is -1.44. The quantitative estimate of drug-likeness (QED) is 0.736. The van der Waals surface area contributed by atoms with Crippen LogP contribution >= 0.6 is 0 Å². The molecule has 0 unspecified atom stereocenters. The molecule has 1 saturated carbocycles. The van der Waals surface area contributed by atoms with Crippen molar-refractivity contribution in [1.29, 1.82) is 0 Å². The number of carboxylic acid groups (broad SMARTS) is 1. The number of aliphatic hydroxyl groups is 1. The zero-order chi connectivity index (χ0) is 16.2. The van der Waals surface area contributed by atoms with E-state index in [1.807, 2.05) is 0 Å². The Balaban J connectivity index is 2.14. The first-order chi connectivity index (χ1) is 10.4. The molecule has 2 rings (SSSR count). The molecule has 1 aromatic rings. The van der Waals surface area contributed by atoms with Crippen molar-refractivity contribution < 1.29 is 23.4 Å². The second-order valence-electron chi connectivity index (χ2n) is 5.88. The summed E-state index contributed by atoms with van der Waals surface area (Å²) in [6.07, 6.45) is 4.66. The third-order valence-corrected chi connectivity index (χ3v) is 5.68. The molecule has 1 aromatic carbocycles. The predicted octanol–water partition coefficient (Wildman–Crippen LogP) is 1.61. The van der Waals surface area contributed by atoms with Gasteiger partial charge >= 0.3 is 5.97 Å². The van der Waals surface area contributed by atoms with E-state index >= 15 is 0 Å². The summed E-state index contributed by atoms with van der Waals surface area (Å²) in [5.74, 6) is -1.17. The van der Waals surface area contributed by atoms with Crippen molar-refractivity contribution >= 4 is 16.0 Å². The van der Waals surface area contributed by atoms with Crippen LogP contribution in [0.4, 0.5) is 0 Å². The monoisotopic (exact) mass is 327 g/mol. The highest BCUT2D eigenvalue weighted by atomic mass is 32.2. The van der Waals surface area contributed by atoms with Gasteiger partial charge in [-0.05, 0) is 31.0 Å². The Morgan fingerprint density at radius 3 is 2.50 bits per heavy atom. The Morgan fingerprint density at radius 2 is 1.91 bits per heavy atom. The lowest BCUT2D eigenvalue weighted by Gasteiger charge is -2.35. The van der Waals surface area contributed by atoms with Gasteiger partial charge in [0.1, 0.15) is 0 Å². The van der Waals surface area contributed by atoms with Crippen LogP contribution in [0.2, 0.25) is 0 Å². The van der Waals surface area contributed by atoms with Gasteiger partial charge in [-0.15, -0.1) is 0 Å². The molecular formula is C15H21NO5S. The van der Waals surface area contributed by atoms with Gasteiger partial charge < -0.3 is 10.2 Å². The maximum absolute atomic E-state index is 12.3. The van der Waals surface area contributed by atoms with E-state index in [1.165, 1.54) is 18.2 Å². The van der Waals surface area contributed by atoms with E-state index < -0.39 is 21.4 Å². The number of hydrogen-bond donors (Lipinski definition) is 3. The van der Waals surface area contributed by atoms with Gasteiger partial charge in [0.05, 0.1) is 10.5 Å². The summed E-state index contributed by atoms with van der Waals surface area (Å²) in [7, 11) is -3.79. The third-order valence-electron chi connectivity index (χ3n) is 4.28. The molecule has 0 amide bonds. The summed E-state index contributed by atoms with van der Waals surface area (Å²) in [4.78, 5) is 10.9. The highest BCUT2D eigenvalue weighted by Crippen LogP contribution is 2.35. The third kappa shape index (κ3) is 3.85. The van der Waals surface area contributed by atoms with Crippen LogP contribution in [0.25, 0.3) is 0 Å². The SMILES string of the molecule is O=C(O)c1cccc(S(=O)(=O)NCC2(CO)CCCCC2)c1. The first kappa shape index (κ1) is 16.9. The molecule has 0 aromatic heterocycles. The highest BCUT2D eigenvalue weighted by Gasteiger charge is 2.33. The molecule has 0 radical (unpaired) electrons. The first-order valence-corrected chi connectivity index (χ1v) is 8.81. The molecule has 122 valence electrons. The summed E-state index contributed by atoms with van der Waals surface area (Å²) in [5, 5.41) is 18.6. The van der Waals surface area contributed by atoms with Crippen molar-refractivity contribution in [2.24, 2.45) is 5.41 Å². The van der Waals surface area contributed by atoms with E-state index in [0.29, 0.717) is 0 Å². The topological polar surface area (TPSA) is 104 Å². The number of aromatic carboxylic acids is 1. The summed E-state index contributed by atoms with van der Waals surface area (Å²) < 4.78 is 27.2. The number of sulfonamides is 1. The molecule has 0 atom stereocenters. The van der Waals surface area contributed by atoms with E-state index in [2.05, 4.69) is 4.72 Å². The Labute approximate surface area is 130 Å². The van der Waals surface area contributed by atoms with Crippen LogP contribution in [0.15, 0.2) is 29.2 Å². The van der Waals surface area contributed by atoms with Crippen molar-refractivity contribution in [2.75, 3.05) is 13.2 Å². The van der Waals surface area contributed by atoms with Gasteiger partial charge in [-0.2, -0.15) is 0 Å². The van der Waals surface area contributed by atoms with Crippen molar-refractivity contribution in [3.8, 4) is 0 Å². The van der Waals surface area contributed by atoms with E-state index in [-0.39, 0.29) is 23.6 Å². The molecule has 6 nitrogen and oxygen atoms in total. The van der Waals surface area contributed by atoms with Crippen LogP contribution < -0.4 is 4.72 Å². The second kappa shape index (κ2) is 6.76. The summed E-state index contributed by atoms with van der Waals surface area (Å²) in [6.45, 7) is 0.119. The molecular weight excluding hydrogens is 306 g/mol. The van der Waals surface area contributed by atoms with Crippen molar-refractivity contribution in [3.63, 3.8) is 0 Å². The van der Waals surface area contributed by atoms with Crippen molar-refractivity contribution in [2.45, 2.75) is 37.0 Å². The van der Waals surface area contributed by atoms with Gasteiger partial charge in [0.25, 0.3) is 0 Å². The average Bonchev–Trinajstić information content (AvgIpc) is 2.54. The fourth-order valence-electron chi connectivity index (χ4n) is 2.82. The predicted molar refractivity (Wildman–Crippen MR) is 81.2 cm³/mol. The molecule has 0 bridgehead atoms. The lowest BCUT2D eigenvalue weighted by molar-refractivity contribution is 0.0696. The maximum atomic E-state index is 12.3. The smallest absolute Gasteiger partial charge is 0.335 e. The fourth-order valence-corrected chi connectivity index (χ4v) is 4.02. The van der Waals surface area contributed by atoms with Gasteiger partial charge in [-0.3, -0.25) is 0 Å². The average molecular weight is 327 g/mol. The molecule has 22 heavy (non-hydrogen) atoms. The lowest BCUT2D eigenvalue weighted by atomic mass is 9.75. The fraction of sp³-hybridized carbons (Fsp3) is 0.533. The van der Waals surface area contributed by atoms with Crippen molar-refractivity contribution in [1.82, 2.24) is 4.72 Å². The molecule has 0 saturated heterocycles.